The zero-order chi connectivity index (χ0) is 31.8. The summed E-state index contributed by atoms with van der Waals surface area (Å²) < 4.78 is 12.2. The SMILES string of the molecule is CCOc1ccc(NC(=O)[C@@H]2[C@H]3C(=O)N([C@@H](CO)C(C)C)C(C(=O)Nc4ccc(N(CC)CC)cc4)C34CC[C@@]2(C)O4)cc1. The number of aliphatic hydroxyl groups excluding tert-OH is 1. The van der Waals surface area contributed by atoms with Gasteiger partial charge >= 0.3 is 0 Å². The third-order valence-corrected chi connectivity index (χ3v) is 9.76. The monoisotopic (exact) mass is 606 g/mol. The van der Waals surface area contributed by atoms with Crippen molar-refractivity contribution in [2.24, 2.45) is 17.8 Å². The Labute approximate surface area is 260 Å². The lowest BCUT2D eigenvalue weighted by molar-refractivity contribution is -0.148. The van der Waals surface area contributed by atoms with E-state index in [2.05, 4.69) is 29.4 Å². The van der Waals surface area contributed by atoms with Crippen LogP contribution < -0.4 is 20.3 Å². The lowest BCUT2D eigenvalue weighted by Crippen LogP contribution is -2.57. The lowest BCUT2D eigenvalue weighted by Gasteiger charge is -2.38. The van der Waals surface area contributed by atoms with Crippen LogP contribution in [0.5, 0.6) is 5.75 Å². The molecule has 3 N–H and O–H groups in total. The quantitative estimate of drug-likeness (QED) is 0.330. The molecule has 3 aliphatic rings. The van der Waals surface area contributed by atoms with E-state index in [0.29, 0.717) is 36.6 Å². The van der Waals surface area contributed by atoms with Crippen molar-refractivity contribution in [3.8, 4) is 5.75 Å². The number of carbonyl (C=O) groups is 3. The van der Waals surface area contributed by atoms with E-state index in [9.17, 15) is 19.5 Å². The molecule has 2 aromatic carbocycles. The van der Waals surface area contributed by atoms with Crippen molar-refractivity contribution in [2.45, 2.75) is 77.7 Å². The molecule has 44 heavy (non-hydrogen) atoms. The van der Waals surface area contributed by atoms with E-state index >= 15 is 0 Å². The number of carbonyl (C=O) groups excluding carboxylic acids is 3. The van der Waals surface area contributed by atoms with Gasteiger partial charge in [0.1, 0.15) is 17.4 Å². The minimum Gasteiger partial charge on any atom is -0.494 e. The minimum atomic E-state index is -1.19. The Morgan fingerprint density at radius 1 is 1.00 bits per heavy atom. The van der Waals surface area contributed by atoms with E-state index in [0.717, 1.165) is 18.8 Å². The van der Waals surface area contributed by atoms with Gasteiger partial charge in [-0.3, -0.25) is 14.4 Å². The molecule has 1 spiro atoms. The second kappa shape index (κ2) is 12.4. The molecule has 3 heterocycles. The van der Waals surface area contributed by atoms with Gasteiger partial charge in [-0.05, 0) is 95.0 Å². The van der Waals surface area contributed by atoms with Crippen molar-refractivity contribution in [1.29, 1.82) is 0 Å². The molecule has 2 unspecified atom stereocenters. The van der Waals surface area contributed by atoms with Gasteiger partial charge in [-0.15, -0.1) is 0 Å². The van der Waals surface area contributed by atoms with E-state index in [1.54, 1.807) is 24.3 Å². The van der Waals surface area contributed by atoms with Gasteiger partial charge in [-0.25, -0.2) is 0 Å². The smallest absolute Gasteiger partial charge is 0.250 e. The van der Waals surface area contributed by atoms with Gasteiger partial charge in [-0.1, -0.05) is 13.8 Å². The predicted molar refractivity (Wildman–Crippen MR) is 170 cm³/mol. The molecular formula is C34H46N4O6. The Bertz CT molecular complexity index is 1360. The third kappa shape index (κ3) is 5.32. The van der Waals surface area contributed by atoms with Gasteiger partial charge in [0.15, 0.2) is 0 Å². The number of hydrogen-bond acceptors (Lipinski definition) is 7. The first-order chi connectivity index (χ1) is 21.0. The molecule has 10 nitrogen and oxygen atoms in total. The summed E-state index contributed by atoms with van der Waals surface area (Å²) in [6, 6.07) is 13.1. The van der Waals surface area contributed by atoms with E-state index in [4.69, 9.17) is 9.47 Å². The fourth-order valence-corrected chi connectivity index (χ4v) is 7.62. The highest BCUT2D eigenvalue weighted by Crippen LogP contribution is 2.63. The predicted octanol–water partition coefficient (Wildman–Crippen LogP) is 4.29. The van der Waals surface area contributed by atoms with Crippen molar-refractivity contribution in [3.63, 3.8) is 0 Å². The normalized spacial score (nSPS) is 27.8. The summed E-state index contributed by atoms with van der Waals surface area (Å²) in [7, 11) is 0. The van der Waals surface area contributed by atoms with Crippen LogP contribution in [0.3, 0.4) is 0 Å². The minimum absolute atomic E-state index is 0.133. The van der Waals surface area contributed by atoms with Gasteiger partial charge in [0.2, 0.25) is 17.7 Å². The van der Waals surface area contributed by atoms with Crippen molar-refractivity contribution in [3.05, 3.63) is 48.5 Å². The highest BCUT2D eigenvalue weighted by Gasteiger charge is 2.78. The number of ether oxygens (including phenoxy) is 2. The molecule has 0 aliphatic carbocycles. The summed E-state index contributed by atoms with van der Waals surface area (Å²) in [6.45, 7) is 13.7. The van der Waals surface area contributed by atoms with Gasteiger partial charge in [-0.2, -0.15) is 0 Å². The number of anilines is 3. The average molecular weight is 607 g/mol. The van der Waals surface area contributed by atoms with Crippen LogP contribution in [-0.2, 0) is 19.1 Å². The number of nitrogens with one attached hydrogen (secondary N) is 2. The maximum absolute atomic E-state index is 14.4. The average Bonchev–Trinajstić information content (AvgIpc) is 3.56. The first kappa shape index (κ1) is 31.8. The lowest BCUT2D eigenvalue weighted by atomic mass is 9.66. The zero-order valence-corrected chi connectivity index (χ0v) is 26.6. The molecule has 10 heteroatoms. The van der Waals surface area contributed by atoms with Crippen LogP contribution in [0.25, 0.3) is 0 Å². The summed E-state index contributed by atoms with van der Waals surface area (Å²) in [6.07, 6.45) is 0.984. The maximum Gasteiger partial charge on any atom is 0.250 e. The number of benzene rings is 2. The Kier molecular flexibility index (Phi) is 8.96. The third-order valence-electron chi connectivity index (χ3n) is 9.76. The number of fused-ring (bicyclic) bond motifs is 1. The topological polar surface area (TPSA) is 120 Å². The number of rotatable bonds is 12. The first-order valence-corrected chi connectivity index (χ1v) is 15.9. The molecule has 6 atom stereocenters. The molecule has 3 saturated heterocycles. The number of nitrogens with zero attached hydrogens (tertiary/aromatic N) is 2. The van der Waals surface area contributed by atoms with Crippen molar-refractivity contribution in [1.82, 2.24) is 4.90 Å². The fourth-order valence-electron chi connectivity index (χ4n) is 7.62. The molecule has 3 amide bonds. The number of aliphatic hydroxyl groups is 1. The van der Waals surface area contributed by atoms with Crippen LogP contribution in [0.2, 0.25) is 0 Å². The Morgan fingerprint density at radius 3 is 2.14 bits per heavy atom. The van der Waals surface area contributed by atoms with E-state index < -0.39 is 35.1 Å². The Morgan fingerprint density at radius 2 is 1.59 bits per heavy atom. The summed E-state index contributed by atoms with van der Waals surface area (Å²) in [5, 5.41) is 16.5. The maximum atomic E-state index is 14.4. The zero-order valence-electron chi connectivity index (χ0n) is 26.6. The van der Waals surface area contributed by atoms with Crippen molar-refractivity contribution in [2.75, 3.05) is 41.8 Å². The van der Waals surface area contributed by atoms with Gasteiger partial charge in [0, 0.05) is 30.2 Å². The van der Waals surface area contributed by atoms with Gasteiger partial charge in [0.25, 0.3) is 0 Å². The molecule has 3 aliphatic heterocycles. The molecular weight excluding hydrogens is 560 g/mol. The molecule has 0 radical (unpaired) electrons. The van der Waals surface area contributed by atoms with Crippen molar-refractivity contribution < 1.29 is 29.0 Å². The summed E-state index contributed by atoms with van der Waals surface area (Å²) in [5.41, 5.74) is 0.126. The molecule has 2 bridgehead atoms. The molecule has 3 fully saturated rings. The van der Waals surface area contributed by atoms with Gasteiger partial charge in [0.05, 0.1) is 36.7 Å². The highest BCUT2D eigenvalue weighted by atomic mass is 16.5. The largest absolute Gasteiger partial charge is 0.494 e. The number of likely N-dealkylation sites (tertiary alicyclic amines) is 1. The molecule has 5 rings (SSSR count). The number of hydrogen-bond donors (Lipinski definition) is 3. The highest BCUT2D eigenvalue weighted by molar-refractivity contribution is 6.05. The van der Waals surface area contributed by atoms with Crippen LogP contribution in [0.15, 0.2) is 48.5 Å². The van der Waals surface area contributed by atoms with E-state index in [1.165, 1.54) is 4.90 Å². The molecule has 238 valence electrons. The molecule has 2 aromatic rings. The Hall–Kier alpha value is -3.63. The van der Waals surface area contributed by atoms with Crippen LogP contribution >= 0.6 is 0 Å². The van der Waals surface area contributed by atoms with Crippen LogP contribution in [0, 0.1) is 17.8 Å². The van der Waals surface area contributed by atoms with Crippen LogP contribution in [-0.4, -0.2) is 77.3 Å². The number of amides is 3. The Balaban J connectivity index is 1.47. The summed E-state index contributed by atoms with van der Waals surface area (Å²) >= 11 is 0. The van der Waals surface area contributed by atoms with E-state index in [1.807, 2.05) is 52.0 Å². The van der Waals surface area contributed by atoms with Gasteiger partial charge < -0.3 is 35.0 Å². The standard InChI is InChI=1S/C34H46N4O6/c1-7-37(8-2)24-14-10-22(11-15-24)36-31(41)29-34-19-18-33(6,44-34)27(28(34)32(42)38(29)26(20-39)21(4)5)30(40)35-23-12-16-25(17-13-23)43-9-3/h10-17,21,26-29,39H,7-9,18-20H2,1-6H3,(H,35,40)(H,36,41)/t26-,27-,28-,29?,33+,34?/m0/s1. The second-order valence-corrected chi connectivity index (χ2v) is 12.6. The van der Waals surface area contributed by atoms with Crippen LogP contribution in [0.1, 0.15) is 54.4 Å². The fraction of sp³-hybridized carbons (Fsp3) is 0.559. The summed E-state index contributed by atoms with van der Waals surface area (Å²) in [4.78, 5) is 46.3. The van der Waals surface area contributed by atoms with Crippen molar-refractivity contribution >= 4 is 34.8 Å². The second-order valence-electron chi connectivity index (χ2n) is 12.6. The molecule has 0 saturated carbocycles. The summed E-state index contributed by atoms with van der Waals surface area (Å²) in [5.74, 6) is -2.14. The molecule has 0 aromatic heterocycles. The van der Waals surface area contributed by atoms with Crippen LogP contribution in [0.4, 0.5) is 17.1 Å². The van der Waals surface area contributed by atoms with E-state index in [-0.39, 0.29) is 30.2 Å². The first-order valence-electron chi connectivity index (χ1n) is 15.9.